The fourth-order valence-corrected chi connectivity index (χ4v) is 9.90. The summed E-state index contributed by atoms with van der Waals surface area (Å²) in [6.45, 7) is 0. The van der Waals surface area contributed by atoms with Gasteiger partial charge >= 0.3 is 0 Å². The molecule has 0 bridgehead atoms. The Kier molecular flexibility index (Phi) is 8.90. The minimum absolute atomic E-state index is 0.173. The predicted octanol–water partition coefficient (Wildman–Crippen LogP) is 15.0. The van der Waals surface area contributed by atoms with Gasteiger partial charge in [0.05, 0.1) is 50.2 Å². The van der Waals surface area contributed by atoms with Crippen LogP contribution in [0.3, 0.4) is 0 Å². The summed E-state index contributed by atoms with van der Waals surface area (Å²) in [5, 5.41) is 3.40. The second-order valence-electron chi connectivity index (χ2n) is 16.9. The van der Waals surface area contributed by atoms with E-state index in [2.05, 4.69) is 0 Å². The van der Waals surface area contributed by atoms with Gasteiger partial charge in [0.15, 0.2) is 17.5 Å². The van der Waals surface area contributed by atoms with E-state index in [0.29, 0.717) is 93.8 Å². The fraction of sp³-hybridized carbons (Fsp3) is 0. The summed E-state index contributed by atoms with van der Waals surface area (Å²) in [6, 6.07) is 47.8. The van der Waals surface area contributed by atoms with Gasteiger partial charge in [0.1, 0.15) is 34.9 Å². The van der Waals surface area contributed by atoms with Crippen molar-refractivity contribution in [3.8, 4) is 51.2 Å². The summed E-state index contributed by atoms with van der Waals surface area (Å²) in [5.74, 6) is -2.69. The van der Waals surface area contributed by atoms with Crippen LogP contribution < -0.4 is 0 Å². The first-order chi connectivity index (χ1) is 33.6. The Hall–Kier alpha value is -9.03. The lowest BCUT2D eigenvalue weighted by Crippen LogP contribution is -2.11. The molecule has 0 aliphatic carbocycles. The van der Waals surface area contributed by atoms with E-state index in [1.54, 1.807) is 62.2 Å². The van der Waals surface area contributed by atoms with Gasteiger partial charge < -0.3 is 13.7 Å². The minimum Gasteiger partial charge on any atom is -0.307 e. The Bertz CT molecular complexity index is 3890. The molecule has 0 spiro atoms. The number of benzene rings is 9. The second-order valence-corrected chi connectivity index (χ2v) is 16.9. The van der Waals surface area contributed by atoms with E-state index in [0.717, 1.165) is 0 Å². The maximum atomic E-state index is 15.9. The Morgan fingerprint density at radius 3 is 0.812 bits per heavy atom. The number of aromatic nitrogens is 6. The fourth-order valence-electron chi connectivity index (χ4n) is 9.90. The number of fused-ring (bicyclic) bond motifs is 9. The lowest BCUT2D eigenvalue weighted by atomic mass is 10.1. The number of rotatable bonds is 6. The van der Waals surface area contributed by atoms with E-state index in [1.807, 2.05) is 60.7 Å². The first kappa shape index (κ1) is 40.3. The Balaban J connectivity index is 1.30. The highest BCUT2D eigenvalue weighted by atomic mass is 19.1. The van der Waals surface area contributed by atoms with Gasteiger partial charge in [-0.15, -0.1) is 0 Å². The van der Waals surface area contributed by atoms with Gasteiger partial charge in [-0.25, -0.2) is 41.3 Å². The number of halogens is 6. The first-order valence-electron chi connectivity index (χ1n) is 21.9. The first-order valence-corrected chi connectivity index (χ1v) is 21.9. The summed E-state index contributed by atoms with van der Waals surface area (Å²) in [6.07, 6.45) is 0. The highest BCUT2D eigenvalue weighted by Gasteiger charge is 2.28. The summed E-state index contributed by atoms with van der Waals surface area (Å²) in [4.78, 5) is 15.1. The van der Waals surface area contributed by atoms with Gasteiger partial charge in [-0.3, -0.25) is 0 Å². The summed E-state index contributed by atoms with van der Waals surface area (Å²) in [7, 11) is 0. The summed E-state index contributed by atoms with van der Waals surface area (Å²) in [5.41, 5.74) is 4.35. The SMILES string of the molecule is Fc1ccc2c3ccc(F)cc3n(-c3cc(-c4nc(-c5ccccc5)nc(-c5ccccc5)n4)cc(-n4c5cc(F)ccc5c5ccc(F)cc54)c3-n3c4cc(F)ccc4c4ccc(F)cc43)c2c1. The number of hydrogen-bond acceptors (Lipinski definition) is 3. The van der Waals surface area contributed by atoms with Crippen LogP contribution in [-0.4, -0.2) is 28.7 Å². The molecule has 0 aliphatic rings. The van der Waals surface area contributed by atoms with Crippen molar-refractivity contribution < 1.29 is 26.3 Å². The van der Waals surface area contributed by atoms with Crippen molar-refractivity contribution in [2.75, 3.05) is 0 Å². The van der Waals surface area contributed by atoms with E-state index < -0.39 is 34.9 Å². The molecule has 0 radical (unpaired) electrons. The topological polar surface area (TPSA) is 53.5 Å². The quantitative estimate of drug-likeness (QED) is 0.156. The maximum absolute atomic E-state index is 15.9. The molecule has 0 aliphatic heterocycles. The molecule has 0 amide bonds. The second kappa shape index (κ2) is 15.3. The molecule has 13 rings (SSSR count). The summed E-state index contributed by atoms with van der Waals surface area (Å²) < 4.78 is 100. The molecule has 4 heterocycles. The van der Waals surface area contributed by atoms with Crippen LogP contribution in [0, 0.1) is 34.9 Å². The molecule has 4 aromatic heterocycles. The molecule has 0 atom stereocenters. The molecular weight excluding hydrogens is 883 g/mol. The third kappa shape index (κ3) is 6.40. The van der Waals surface area contributed by atoms with E-state index in [1.165, 1.54) is 72.8 Å². The lowest BCUT2D eigenvalue weighted by Gasteiger charge is -2.23. The molecule has 0 N–H and O–H groups in total. The maximum Gasteiger partial charge on any atom is 0.164 e. The van der Waals surface area contributed by atoms with E-state index in [4.69, 9.17) is 15.0 Å². The molecule has 0 saturated heterocycles. The van der Waals surface area contributed by atoms with Crippen LogP contribution in [-0.2, 0) is 0 Å². The number of nitrogens with zero attached hydrogens (tertiary/aromatic N) is 6. The van der Waals surface area contributed by atoms with Crippen LogP contribution in [0.4, 0.5) is 26.3 Å². The molecule has 9 aromatic carbocycles. The van der Waals surface area contributed by atoms with E-state index in [9.17, 15) is 0 Å². The minimum atomic E-state index is -0.596. The van der Waals surface area contributed by atoms with Crippen molar-refractivity contribution >= 4 is 65.4 Å². The van der Waals surface area contributed by atoms with Crippen molar-refractivity contribution in [1.82, 2.24) is 28.7 Å². The average molecular weight is 913 g/mol. The smallest absolute Gasteiger partial charge is 0.164 e. The van der Waals surface area contributed by atoms with Crippen molar-refractivity contribution in [3.05, 3.63) is 217 Å². The van der Waals surface area contributed by atoms with Crippen molar-refractivity contribution in [2.24, 2.45) is 0 Å². The molecule has 330 valence electrons. The molecule has 69 heavy (non-hydrogen) atoms. The van der Waals surface area contributed by atoms with Crippen LogP contribution in [0.5, 0.6) is 0 Å². The highest BCUT2D eigenvalue weighted by molar-refractivity contribution is 6.14. The van der Waals surface area contributed by atoms with Gasteiger partial charge in [-0.2, -0.15) is 0 Å². The van der Waals surface area contributed by atoms with Gasteiger partial charge in [-0.1, -0.05) is 60.7 Å². The van der Waals surface area contributed by atoms with Gasteiger partial charge in [0.25, 0.3) is 0 Å². The zero-order chi connectivity index (χ0) is 46.7. The summed E-state index contributed by atoms with van der Waals surface area (Å²) >= 11 is 0. The highest BCUT2D eigenvalue weighted by Crippen LogP contribution is 2.45. The number of hydrogen-bond donors (Lipinski definition) is 0. The van der Waals surface area contributed by atoms with Gasteiger partial charge in [0, 0.05) is 49.0 Å². The van der Waals surface area contributed by atoms with Crippen LogP contribution in [0.25, 0.3) is 117 Å². The standard InChI is InChI=1S/C57H30F6N6/c58-34-11-17-40-41-18-12-35(59)26-47(41)67(46(40)25-34)52-23-33(57-65-55(31-7-3-1-4-8-31)64-56(66-57)32-9-5-2-6-10-32)24-53(68-48-27-36(60)13-19-42(48)43-20-14-37(61)28-49(43)68)54(52)69-50-29-38(62)15-21-44(50)45-22-16-39(63)30-51(45)69/h1-30H. The van der Waals surface area contributed by atoms with E-state index in [-0.39, 0.29) is 22.9 Å². The Labute approximate surface area is 387 Å². The molecule has 0 saturated carbocycles. The van der Waals surface area contributed by atoms with Crippen LogP contribution in [0.1, 0.15) is 0 Å². The zero-order valence-corrected chi connectivity index (χ0v) is 35.8. The third-order valence-corrected chi connectivity index (χ3v) is 12.8. The normalized spacial score (nSPS) is 11.9. The van der Waals surface area contributed by atoms with Crippen molar-refractivity contribution in [3.63, 3.8) is 0 Å². The van der Waals surface area contributed by atoms with Crippen LogP contribution >= 0.6 is 0 Å². The predicted molar refractivity (Wildman–Crippen MR) is 259 cm³/mol. The lowest BCUT2D eigenvalue weighted by molar-refractivity contribution is 0.628. The third-order valence-electron chi connectivity index (χ3n) is 12.8. The van der Waals surface area contributed by atoms with Crippen molar-refractivity contribution in [1.29, 1.82) is 0 Å². The van der Waals surface area contributed by atoms with Crippen LogP contribution in [0.15, 0.2) is 182 Å². The monoisotopic (exact) mass is 912 g/mol. The van der Waals surface area contributed by atoms with Crippen molar-refractivity contribution in [2.45, 2.75) is 0 Å². The molecular formula is C57H30F6N6. The molecule has 12 heteroatoms. The molecule has 13 aromatic rings. The zero-order valence-electron chi connectivity index (χ0n) is 35.8. The Morgan fingerprint density at radius 1 is 0.261 bits per heavy atom. The molecule has 6 nitrogen and oxygen atoms in total. The molecule has 0 fully saturated rings. The van der Waals surface area contributed by atoms with E-state index >= 15 is 26.3 Å². The largest absolute Gasteiger partial charge is 0.307 e. The van der Waals surface area contributed by atoms with Gasteiger partial charge in [0.2, 0.25) is 0 Å². The molecule has 0 unspecified atom stereocenters. The Morgan fingerprint density at radius 2 is 0.522 bits per heavy atom. The average Bonchev–Trinajstić information content (AvgIpc) is 3.96. The van der Waals surface area contributed by atoms with Gasteiger partial charge in [-0.05, 0) is 121 Å². The van der Waals surface area contributed by atoms with Crippen LogP contribution in [0.2, 0.25) is 0 Å².